The van der Waals surface area contributed by atoms with Crippen molar-refractivity contribution in [2.45, 2.75) is 83.6 Å². The lowest BCUT2D eigenvalue weighted by Gasteiger charge is -2.33. The highest BCUT2D eigenvalue weighted by Gasteiger charge is 2.40. The van der Waals surface area contributed by atoms with Crippen molar-refractivity contribution in [3.05, 3.63) is 110 Å². The lowest BCUT2D eigenvalue weighted by atomic mass is 9.99. The SMILES string of the molecule is Cc1c(C#Cc2cnn(CCCN3CCC(Nc4cccc5c4CN(C4CCC(=O)NC4=O)C5=O)CC3)c2)sc2c1C(c1ccc(Cl)cc1)=N[C@@H](CC(=O)N1CCN(C)CC1)c1nnc(C)n1-2. The van der Waals surface area contributed by atoms with Crippen LogP contribution in [0.4, 0.5) is 5.69 Å². The average Bonchev–Trinajstić information content (AvgIpc) is 4.08. The minimum absolute atomic E-state index is 0.0592. The number of likely N-dealkylation sites (N-methyl/N-ethyl adjacent to an activating group) is 1. The number of imide groups is 1. The minimum Gasteiger partial charge on any atom is -0.382 e. The Hall–Kier alpha value is -6.19. The van der Waals surface area contributed by atoms with Gasteiger partial charge in [0.15, 0.2) is 5.82 Å². The van der Waals surface area contributed by atoms with E-state index in [1.807, 2.05) is 71.4 Å². The molecule has 0 aliphatic carbocycles. The normalized spacial score (nSPS) is 20.1. The van der Waals surface area contributed by atoms with Gasteiger partial charge in [-0.3, -0.25) is 38.7 Å². The molecule has 3 fully saturated rings. The van der Waals surface area contributed by atoms with E-state index in [2.05, 4.69) is 66.1 Å². The maximum Gasteiger partial charge on any atom is 0.255 e. The summed E-state index contributed by atoms with van der Waals surface area (Å²) in [5, 5.41) is 21.4. The first kappa shape index (κ1) is 44.6. The fraction of sp³-hybridized carbons (Fsp3) is 0.429. The molecule has 0 saturated carbocycles. The van der Waals surface area contributed by atoms with Crippen molar-refractivity contribution in [1.29, 1.82) is 0 Å². The van der Waals surface area contributed by atoms with Crippen molar-refractivity contribution < 1.29 is 19.2 Å². The zero-order valence-corrected chi connectivity index (χ0v) is 39.5. The third-order valence-electron chi connectivity index (χ3n) is 13.7. The van der Waals surface area contributed by atoms with E-state index in [4.69, 9.17) is 16.6 Å². The molecule has 0 bridgehead atoms. The monoisotopic (exact) mass is 940 g/mol. The number of anilines is 1. The number of piperidine rings is 2. The van der Waals surface area contributed by atoms with Gasteiger partial charge in [-0.2, -0.15) is 5.10 Å². The van der Waals surface area contributed by atoms with Gasteiger partial charge in [0.25, 0.3) is 5.91 Å². The molecule has 2 N–H and O–H groups in total. The van der Waals surface area contributed by atoms with Gasteiger partial charge in [-0.25, -0.2) is 0 Å². The summed E-state index contributed by atoms with van der Waals surface area (Å²) in [6, 6.07) is 12.5. The van der Waals surface area contributed by atoms with E-state index in [9.17, 15) is 19.2 Å². The van der Waals surface area contributed by atoms with Crippen molar-refractivity contribution in [2.75, 3.05) is 58.2 Å². The molecule has 5 aliphatic heterocycles. The Kier molecular flexibility index (Phi) is 12.5. The smallest absolute Gasteiger partial charge is 0.255 e. The molecule has 5 aromatic rings. The number of amides is 4. The van der Waals surface area contributed by atoms with Crippen LogP contribution < -0.4 is 10.6 Å². The second kappa shape index (κ2) is 18.8. The molecule has 0 radical (unpaired) electrons. The molecule has 16 nitrogen and oxygen atoms in total. The Morgan fingerprint density at radius 1 is 0.955 bits per heavy atom. The number of nitrogens with one attached hydrogen (secondary N) is 2. The second-order valence-electron chi connectivity index (χ2n) is 18.2. The average molecular weight is 942 g/mol. The molecule has 3 aromatic heterocycles. The number of hydrogen-bond donors (Lipinski definition) is 2. The first-order valence-electron chi connectivity index (χ1n) is 23.1. The predicted molar refractivity (Wildman–Crippen MR) is 256 cm³/mol. The molecule has 67 heavy (non-hydrogen) atoms. The lowest BCUT2D eigenvalue weighted by molar-refractivity contribution is -0.137. The highest BCUT2D eigenvalue weighted by molar-refractivity contribution is 7.15. The van der Waals surface area contributed by atoms with Gasteiger partial charge in [-0.15, -0.1) is 21.5 Å². The second-order valence-corrected chi connectivity index (χ2v) is 19.6. The molecular formula is C49H53ClN12O4S. The van der Waals surface area contributed by atoms with Crippen LogP contribution in [0.15, 0.2) is 59.9 Å². The van der Waals surface area contributed by atoms with Gasteiger partial charge in [-0.1, -0.05) is 41.6 Å². The van der Waals surface area contributed by atoms with Crippen LogP contribution in [0.1, 0.15) is 99.3 Å². The Balaban J connectivity index is 0.774. The van der Waals surface area contributed by atoms with Crippen molar-refractivity contribution in [3.8, 4) is 16.8 Å². The van der Waals surface area contributed by atoms with Gasteiger partial charge in [0.05, 0.1) is 28.8 Å². The van der Waals surface area contributed by atoms with Crippen LogP contribution in [-0.4, -0.2) is 138 Å². The summed E-state index contributed by atoms with van der Waals surface area (Å²) in [6.07, 6.45) is 7.50. The number of fused-ring (bicyclic) bond motifs is 4. The topological polar surface area (TPSA) is 166 Å². The third-order valence-corrected chi connectivity index (χ3v) is 15.1. The number of rotatable bonds is 10. The summed E-state index contributed by atoms with van der Waals surface area (Å²) in [7, 11) is 2.08. The largest absolute Gasteiger partial charge is 0.382 e. The summed E-state index contributed by atoms with van der Waals surface area (Å²) in [5.74, 6) is 7.42. The fourth-order valence-corrected chi connectivity index (χ4v) is 11.2. The van der Waals surface area contributed by atoms with Crippen LogP contribution in [0, 0.1) is 25.7 Å². The molecule has 1 unspecified atom stereocenters. The number of aliphatic imine (C=N–C) groups is 1. The van der Waals surface area contributed by atoms with E-state index in [0.29, 0.717) is 42.5 Å². The summed E-state index contributed by atoms with van der Waals surface area (Å²) in [6.45, 7) is 11.1. The van der Waals surface area contributed by atoms with Gasteiger partial charge in [0.2, 0.25) is 17.7 Å². The van der Waals surface area contributed by atoms with E-state index in [-0.39, 0.29) is 36.6 Å². The van der Waals surface area contributed by atoms with Gasteiger partial charge in [0, 0.05) is 104 Å². The van der Waals surface area contributed by atoms with E-state index in [1.165, 1.54) is 0 Å². The van der Waals surface area contributed by atoms with Gasteiger partial charge >= 0.3 is 0 Å². The number of carbonyl (C=O) groups is 4. The lowest BCUT2D eigenvalue weighted by Crippen LogP contribution is -2.52. The van der Waals surface area contributed by atoms with Crippen molar-refractivity contribution in [2.24, 2.45) is 4.99 Å². The predicted octanol–water partition coefficient (Wildman–Crippen LogP) is 4.98. The zero-order valence-electron chi connectivity index (χ0n) is 37.9. The van der Waals surface area contributed by atoms with Gasteiger partial charge < -0.3 is 24.9 Å². The number of piperazine rings is 1. The molecule has 10 rings (SSSR count). The van der Waals surface area contributed by atoms with E-state index >= 15 is 0 Å². The number of benzene rings is 2. The van der Waals surface area contributed by atoms with Gasteiger partial charge in [-0.05, 0) is 83.0 Å². The van der Waals surface area contributed by atoms with Crippen LogP contribution in [0.25, 0.3) is 5.00 Å². The van der Waals surface area contributed by atoms with E-state index < -0.39 is 18.0 Å². The number of carbonyl (C=O) groups excluding carboxylic acids is 4. The summed E-state index contributed by atoms with van der Waals surface area (Å²) in [5.41, 5.74) is 6.94. The van der Waals surface area contributed by atoms with Crippen LogP contribution in [0.2, 0.25) is 5.02 Å². The summed E-state index contributed by atoms with van der Waals surface area (Å²) in [4.78, 5) is 65.8. The molecule has 5 aliphatic rings. The summed E-state index contributed by atoms with van der Waals surface area (Å²) < 4.78 is 4.02. The number of nitrogens with zero attached hydrogens (tertiary/aromatic N) is 10. The Morgan fingerprint density at radius 2 is 1.75 bits per heavy atom. The first-order valence-corrected chi connectivity index (χ1v) is 24.3. The number of halogens is 1. The molecule has 8 heterocycles. The first-order chi connectivity index (χ1) is 32.5. The van der Waals surface area contributed by atoms with Crippen LogP contribution in [0.5, 0.6) is 0 Å². The third kappa shape index (κ3) is 9.15. The van der Waals surface area contributed by atoms with Crippen molar-refractivity contribution in [3.63, 3.8) is 0 Å². The molecule has 2 atom stereocenters. The number of thiophene rings is 1. The Morgan fingerprint density at radius 3 is 2.52 bits per heavy atom. The van der Waals surface area contributed by atoms with Crippen LogP contribution in [0.3, 0.4) is 0 Å². The maximum atomic E-state index is 13.7. The van der Waals surface area contributed by atoms with E-state index in [1.54, 1.807) is 16.2 Å². The molecule has 4 amide bonds. The number of aromatic nitrogens is 5. The van der Waals surface area contributed by atoms with Crippen LogP contribution >= 0.6 is 22.9 Å². The molecule has 346 valence electrons. The Labute approximate surface area is 398 Å². The number of hydrogen-bond acceptors (Lipinski definition) is 12. The minimum atomic E-state index is -0.630. The fourth-order valence-electron chi connectivity index (χ4n) is 9.87. The van der Waals surface area contributed by atoms with Crippen molar-refractivity contribution >= 4 is 58.0 Å². The highest BCUT2D eigenvalue weighted by atomic mass is 35.5. The number of likely N-dealkylation sites (tertiary alicyclic amines) is 1. The Bertz CT molecular complexity index is 2840. The molecule has 2 aromatic carbocycles. The quantitative estimate of drug-likeness (QED) is 0.144. The molecule has 3 saturated heterocycles. The van der Waals surface area contributed by atoms with Crippen LogP contribution in [-0.2, 0) is 27.5 Å². The summed E-state index contributed by atoms with van der Waals surface area (Å²) >= 11 is 7.94. The highest BCUT2D eigenvalue weighted by Crippen LogP contribution is 2.40. The molecule has 0 spiro atoms. The maximum absolute atomic E-state index is 13.7. The molecular weight excluding hydrogens is 888 g/mol. The van der Waals surface area contributed by atoms with Gasteiger partial charge in [0.1, 0.15) is 22.9 Å². The standard InChI is InChI=1S/C49H53ClN12O4S/c1-30-41(67-49-44(30)45(33-9-11-34(50)12-10-33)53-39(46-56-55-31(2)62(46)49)26-43(64)59-24-22-57(3)23-25-59)14-8-32-27-51-60(28-32)19-5-18-58-20-16-35(17-21-58)52-38-7-4-6-36-37(38)29-61(48(36)66)40-13-15-42(63)54-47(40)65/h4,6-7,9-12,27-28,35,39-40,52H,5,13,15-26,29H2,1-3H3,(H,54,63,65)/t39-,40?/m0/s1. The zero-order chi connectivity index (χ0) is 46.3. The van der Waals surface area contributed by atoms with Crippen molar-refractivity contribution in [1.82, 2.24) is 49.5 Å². The molecule has 18 heteroatoms. The van der Waals surface area contributed by atoms with E-state index in [0.717, 1.165) is 113 Å². The number of aryl methyl sites for hydroxylation is 2.